The number of nitrogens with zero attached hydrogens (tertiary/aromatic N) is 1. The highest BCUT2D eigenvalue weighted by Crippen LogP contribution is 2.42. The van der Waals surface area contributed by atoms with Crippen LogP contribution in [0.5, 0.6) is 0 Å². The molecular weight excluding hydrogens is 312 g/mol. The molecule has 4 rings (SSSR count). The summed E-state index contributed by atoms with van der Waals surface area (Å²) in [5, 5.41) is 0. The van der Waals surface area contributed by atoms with Crippen molar-refractivity contribution in [2.75, 3.05) is 6.54 Å². The predicted molar refractivity (Wildman–Crippen MR) is 83.8 cm³/mol. The van der Waals surface area contributed by atoms with Crippen molar-refractivity contribution in [1.29, 1.82) is 0 Å². The summed E-state index contributed by atoms with van der Waals surface area (Å²) in [5.74, 6) is -0.730. The van der Waals surface area contributed by atoms with Gasteiger partial charge in [0.25, 0.3) is 0 Å². The summed E-state index contributed by atoms with van der Waals surface area (Å²) >= 11 is 0. The molecule has 3 fully saturated rings. The minimum Gasteiger partial charge on any atom is -0.445 e. The van der Waals surface area contributed by atoms with E-state index in [0.29, 0.717) is 6.54 Å². The van der Waals surface area contributed by atoms with Gasteiger partial charge in [-0.2, -0.15) is 0 Å². The Morgan fingerprint density at radius 2 is 2.04 bits per heavy atom. The number of carbonyl (C=O) groups is 1. The smallest absolute Gasteiger partial charge is 0.410 e. The highest BCUT2D eigenvalue weighted by atomic mass is 16.8. The molecule has 0 spiro atoms. The molecule has 3 saturated heterocycles. The number of carbonyl (C=O) groups excluding carboxylic acids is 1. The molecule has 3 heterocycles. The van der Waals surface area contributed by atoms with Gasteiger partial charge in [0.2, 0.25) is 0 Å². The topological polar surface area (TPSA) is 83.2 Å². The van der Waals surface area contributed by atoms with Crippen LogP contribution in [0.3, 0.4) is 0 Å². The molecule has 2 N–H and O–H groups in total. The van der Waals surface area contributed by atoms with E-state index in [2.05, 4.69) is 0 Å². The van der Waals surface area contributed by atoms with E-state index in [1.807, 2.05) is 44.2 Å². The van der Waals surface area contributed by atoms with Crippen LogP contribution in [0.2, 0.25) is 0 Å². The van der Waals surface area contributed by atoms with Gasteiger partial charge in [0, 0.05) is 6.54 Å². The lowest BCUT2D eigenvalue weighted by Crippen LogP contribution is -2.46. The Hall–Kier alpha value is -1.67. The number of rotatable bonds is 2. The van der Waals surface area contributed by atoms with Crippen molar-refractivity contribution in [1.82, 2.24) is 4.90 Å². The van der Waals surface area contributed by atoms with Gasteiger partial charge in [0.05, 0.1) is 12.1 Å². The molecule has 0 bridgehead atoms. The second kappa shape index (κ2) is 5.70. The second-order valence-electron chi connectivity index (χ2n) is 6.92. The van der Waals surface area contributed by atoms with Gasteiger partial charge in [-0.25, -0.2) is 4.79 Å². The molecular formula is C17H22N2O5. The number of amides is 1. The highest BCUT2D eigenvalue weighted by Gasteiger charge is 2.62. The Kier molecular flexibility index (Phi) is 3.76. The third kappa shape index (κ3) is 2.67. The zero-order valence-electron chi connectivity index (χ0n) is 13.8. The standard InChI is InChI=1S/C17H22N2O5/c1-17(2)23-14-12-13(22-15(14)24-17)11(18)8-19(12)16(20)21-9-10-6-4-3-5-7-10/h3-7,11-15H,8-9,18H2,1-2H3/t11-,12+,13-,14-,15-/m1/s1. The maximum atomic E-state index is 12.6. The van der Waals surface area contributed by atoms with E-state index in [9.17, 15) is 4.79 Å². The second-order valence-corrected chi connectivity index (χ2v) is 6.92. The first-order chi connectivity index (χ1) is 11.4. The van der Waals surface area contributed by atoms with E-state index >= 15 is 0 Å². The summed E-state index contributed by atoms with van der Waals surface area (Å²) in [6, 6.07) is 9.01. The van der Waals surface area contributed by atoms with Gasteiger partial charge in [0.15, 0.2) is 12.1 Å². The van der Waals surface area contributed by atoms with Crippen LogP contribution in [0, 0.1) is 0 Å². The fraction of sp³-hybridized carbons (Fsp3) is 0.588. The van der Waals surface area contributed by atoms with E-state index < -0.39 is 18.2 Å². The molecule has 3 aliphatic heterocycles. The first-order valence-corrected chi connectivity index (χ1v) is 8.19. The van der Waals surface area contributed by atoms with Gasteiger partial charge in [-0.05, 0) is 19.4 Å². The summed E-state index contributed by atoms with van der Waals surface area (Å²) in [5.41, 5.74) is 7.08. The van der Waals surface area contributed by atoms with Crippen molar-refractivity contribution in [2.24, 2.45) is 5.73 Å². The number of hydrogen-bond donors (Lipinski definition) is 1. The summed E-state index contributed by atoms with van der Waals surface area (Å²) in [6.45, 7) is 4.27. The van der Waals surface area contributed by atoms with Gasteiger partial charge >= 0.3 is 6.09 Å². The number of likely N-dealkylation sites (tertiary alicyclic amines) is 1. The van der Waals surface area contributed by atoms with Crippen LogP contribution in [-0.2, 0) is 25.6 Å². The molecule has 0 unspecified atom stereocenters. The van der Waals surface area contributed by atoms with Gasteiger partial charge < -0.3 is 24.7 Å². The summed E-state index contributed by atoms with van der Waals surface area (Å²) < 4.78 is 23.0. The molecule has 0 aliphatic carbocycles. The lowest BCUT2D eigenvalue weighted by atomic mass is 10.1. The third-order valence-electron chi connectivity index (χ3n) is 4.68. The minimum absolute atomic E-state index is 0.223. The van der Waals surface area contributed by atoms with E-state index in [1.54, 1.807) is 4.90 Å². The molecule has 0 aromatic heterocycles. The Morgan fingerprint density at radius 1 is 1.29 bits per heavy atom. The van der Waals surface area contributed by atoms with Crippen LogP contribution in [0.1, 0.15) is 19.4 Å². The molecule has 0 radical (unpaired) electrons. The van der Waals surface area contributed by atoms with Crippen molar-refractivity contribution < 1.29 is 23.7 Å². The Bertz CT molecular complexity index is 623. The van der Waals surface area contributed by atoms with Crippen LogP contribution in [-0.4, -0.2) is 53.9 Å². The van der Waals surface area contributed by atoms with Crippen LogP contribution >= 0.6 is 0 Å². The molecule has 1 aromatic rings. The van der Waals surface area contributed by atoms with Gasteiger partial charge in [-0.3, -0.25) is 4.90 Å². The fourth-order valence-corrected chi connectivity index (χ4v) is 3.68. The van der Waals surface area contributed by atoms with Gasteiger partial charge in [0.1, 0.15) is 18.8 Å². The molecule has 7 heteroatoms. The molecule has 5 atom stereocenters. The summed E-state index contributed by atoms with van der Waals surface area (Å²) in [4.78, 5) is 14.2. The fourth-order valence-electron chi connectivity index (χ4n) is 3.68. The lowest BCUT2D eigenvalue weighted by molar-refractivity contribution is -0.207. The Labute approximate surface area is 140 Å². The largest absolute Gasteiger partial charge is 0.445 e. The van der Waals surface area contributed by atoms with E-state index in [-0.39, 0.29) is 30.9 Å². The zero-order valence-corrected chi connectivity index (χ0v) is 13.8. The van der Waals surface area contributed by atoms with Crippen LogP contribution < -0.4 is 5.73 Å². The van der Waals surface area contributed by atoms with E-state index in [4.69, 9.17) is 24.7 Å². The predicted octanol–water partition coefficient (Wildman–Crippen LogP) is 1.21. The third-order valence-corrected chi connectivity index (χ3v) is 4.68. The average Bonchev–Trinajstić information content (AvgIpc) is 3.14. The van der Waals surface area contributed by atoms with Crippen LogP contribution in [0.25, 0.3) is 0 Å². The Morgan fingerprint density at radius 3 is 2.79 bits per heavy atom. The summed E-state index contributed by atoms with van der Waals surface area (Å²) in [7, 11) is 0. The van der Waals surface area contributed by atoms with Gasteiger partial charge in [-0.15, -0.1) is 0 Å². The summed E-state index contributed by atoms with van der Waals surface area (Å²) in [6.07, 6.45) is -1.53. The normalized spacial score (nSPS) is 36.5. The molecule has 0 saturated carbocycles. The molecule has 1 aromatic carbocycles. The number of ether oxygens (including phenoxy) is 4. The van der Waals surface area contributed by atoms with Crippen molar-refractivity contribution in [3.63, 3.8) is 0 Å². The highest BCUT2D eigenvalue weighted by molar-refractivity contribution is 5.69. The number of nitrogens with two attached hydrogens (primary N) is 1. The number of fused-ring (bicyclic) bond motifs is 3. The van der Waals surface area contributed by atoms with E-state index in [0.717, 1.165) is 5.56 Å². The molecule has 130 valence electrons. The molecule has 1 amide bonds. The SMILES string of the molecule is CC1(C)O[C@H]2O[C@H]3[C@@H]([C@H]2O1)N(C(=O)OCc1ccccc1)C[C@H]3N. The van der Waals surface area contributed by atoms with Crippen LogP contribution in [0.4, 0.5) is 4.79 Å². The lowest BCUT2D eigenvalue weighted by Gasteiger charge is -2.27. The number of hydrogen-bond acceptors (Lipinski definition) is 6. The van der Waals surface area contributed by atoms with Crippen molar-refractivity contribution in [3.05, 3.63) is 35.9 Å². The molecule has 7 nitrogen and oxygen atoms in total. The maximum absolute atomic E-state index is 12.6. The van der Waals surface area contributed by atoms with Gasteiger partial charge in [-0.1, -0.05) is 30.3 Å². The van der Waals surface area contributed by atoms with Crippen LogP contribution in [0.15, 0.2) is 30.3 Å². The molecule has 3 aliphatic rings. The maximum Gasteiger partial charge on any atom is 0.410 e. The monoisotopic (exact) mass is 334 g/mol. The minimum atomic E-state index is -0.730. The van der Waals surface area contributed by atoms with E-state index in [1.165, 1.54) is 0 Å². The van der Waals surface area contributed by atoms with Crippen molar-refractivity contribution >= 4 is 6.09 Å². The van der Waals surface area contributed by atoms with Crippen molar-refractivity contribution in [2.45, 2.75) is 56.8 Å². The quantitative estimate of drug-likeness (QED) is 0.875. The molecule has 24 heavy (non-hydrogen) atoms. The first kappa shape index (κ1) is 15.8. The van der Waals surface area contributed by atoms with Crippen molar-refractivity contribution in [3.8, 4) is 0 Å². The average molecular weight is 334 g/mol. The first-order valence-electron chi connectivity index (χ1n) is 8.19. The zero-order chi connectivity index (χ0) is 16.9. The number of benzene rings is 1. The Balaban J connectivity index is 1.46.